The molecule has 4 saturated carbocycles. The molecule has 0 spiro atoms. The van der Waals surface area contributed by atoms with Crippen LogP contribution in [0.15, 0.2) is 11.6 Å². The molecule has 6 nitrogen and oxygen atoms in total. The molecule has 0 aromatic rings. The molecule has 0 amide bonds. The van der Waals surface area contributed by atoms with Crippen molar-refractivity contribution in [2.45, 2.75) is 126 Å². The molecule has 0 unspecified atom stereocenters. The number of allylic oxidation sites excluding steroid dienone is 2. The van der Waals surface area contributed by atoms with Gasteiger partial charge >= 0.3 is 17.9 Å². The van der Waals surface area contributed by atoms with Crippen LogP contribution >= 0.6 is 0 Å². The Balaban J connectivity index is 1.59. The van der Waals surface area contributed by atoms with Crippen LogP contribution in [0.25, 0.3) is 0 Å². The third-order valence-corrected chi connectivity index (χ3v) is 13.5. The van der Waals surface area contributed by atoms with Crippen LogP contribution in [-0.2, 0) is 28.6 Å². The molecule has 0 N–H and O–H groups in total. The Hall–Kier alpha value is -1.85. The number of rotatable bonds is 3. The average Bonchev–Trinajstić information content (AvgIpc) is 2.84. The lowest BCUT2D eigenvalue weighted by Crippen LogP contribution is -2.66. The lowest BCUT2D eigenvalue weighted by Gasteiger charge is -2.71. The maximum absolute atomic E-state index is 13.2. The Labute approximate surface area is 247 Å². The minimum atomic E-state index is -0.308. The molecule has 41 heavy (non-hydrogen) atoms. The van der Waals surface area contributed by atoms with E-state index in [1.54, 1.807) is 0 Å². The van der Waals surface area contributed by atoms with Crippen molar-refractivity contribution in [2.24, 2.45) is 56.7 Å². The van der Waals surface area contributed by atoms with E-state index in [2.05, 4.69) is 54.5 Å². The fourth-order valence-electron chi connectivity index (χ4n) is 11.8. The molecule has 230 valence electrons. The second-order valence-electron chi connectivity index (χ2n) is 16.5. The monoisotopic (exact) mass is 570 g/mol. The van der Waals surface area contributed by atoms with Crippen molar-refractivity contribution in [3.05, 3.63) is 11.6 Å². The topological polar surface area (TPSA) is 78.9 Å². The number of methoxy groups -OCH3 is 1. The second kappa shape index (κ2) is 9.84. The van der Waals surface area contributed by atoms with E-state index in [4.69, 9.17) is 14.2 Å². The van der Waals surface area contributed by atoms with E-state index in [0.717, 1.165) is 51.4 Å². The average molecular weight is 571 g/mol. The fourth-order valence-corrected chi connectivity index (χ4v) is 11.8. The van der Waals surface area contributed by atoms with Crippen molar-refractivity contribution in [1.29, 1.82) is 0 Å². The number of hydrogen-bond acceptors (Lipinski definition) is 6. The molecule has 0 saturated heterocycles. The van der Waals surface area contributed by atoms with Gasteiger partial charge in [0, 0.05) is 25.2 Å². The van der Waals surface area contributed by atoms with E-state index in [9.17, 15) is 14.4 Å². The quantitative estimate of drug-likeness (QED) is 0.201. The first-order chi connectivity index (χ1) is 18.9. The maximum Gasteiger partial charge on any atom is 0.309 e. The van der Waals surface area contributed by atoms with Crippen LogP contribution in [0.5, 0.6) is 0 Å². The van der Waals surface area contributed by atoms with Gasteiger partial charge in [-0.3, -0.25) is 14.4 Å². The maximum atomic E-state index is 13.2. The largest absolute Gasteiger partial charge is 0.469 e. The molecule has 0 aromatic heterocycles. The van der Waals surface area contributed by atoms with Gasteiger partial charge < -0.3 is 14.2 Å². The lowest BCUT2D eigenvalue weighted by atomic mass is 9.34. The summed E-state index contributed by atoms with van der Waals surface area (Å²) < 4.78 is 17.4. The van der Waals surface area contributed by atoms with Gasteiger partial charge in [0.2, 0.25) is 0 Å². The van der Waals surface area contributed by atoms with Crippen molar-refractivity contribution in [3.8, 4) is 0 Å². The Morgan fingerprint density at radius 2 is 1.49 bits per heavy atom. The van der Waals surface area contributed by atoms with Gasteiger partial charge in [-0.05, 0) is 90.8 Å². The Morgan fingerprint density at radius 1 is 0.829 bits per heavy atom. The SMILES string of the molecule is COC(=O)[C@@H]1CC(C)(C)C[C@H]2C3=CC[C@H]4[C@@]5(C)CC[C@H](OC(C)=O)C(C)(C)[C@H]5CC[C@@]4(C)[C@]3(C)C[C@@H](OC(C)=O)[C@H]12. The minimum Gasteiger partial charge on any atom is -0.469 e. The van der Waals surface area contributed by atoms with Crippen molar-refractivity contribution in [3.63, 3.8) is 0 Å². The number of fused-ring (bicyclic) bond motifs is 7. The number of esters is 3. The van der Waals surface area contributed by atoms with Crippen LogP contribution in [0.1, 0.15) is 114 Å². The van der Waals surface area contributed by atoms with Crippen LogP contribution in [0.3, 0.4) is 0 Å². The van der Waals surface area contributed by atoms with Crippen molar-refractivity contribution >= 4 is 17.9 Å². The third-order valence-electron chi connectivity index (χ3n) is 13.5. The van der Waals surface area contributed by atoms with E-state index in [1.807, 2.05) is 0 Å². The molecule has 10 atom stereocenters. The highest BCUT2D eigenvalue weighted by Gasteiger charge is 2.69. The number of carbonyl (C=O) groups is 3. The molecular formula is C35H54O6. The summed E-state index contributed by atoms with van der Waals surface area (Å²) in [6, 6.07) is 0. The number of hydrogen-bond donors (Lipinski definition) is 0. The standard InChI is InChI=1S/C35H54O6/c1-20(36)40-25-19-35(9)24(22-17-31(3,4)18-23(29(22)25)30(38)39-10)11-12-27-33(7)15-14-28(41-21(2)37)32(5,6)26(33)13-16-34(27,35)8/h11,22-23,25-29H,12-19H2,1-10H3/t22-,23+,25+,26+,27-,28-,29-,33-,34+,35+/m0/s1. The van der Waals surface area contributed by atoms with Gasteiger partial charge in [-0.2, -0.15) is 0 Å². The fraction of sp³-hybridized carbons (Fsp3) is 0.857. The highest BCUT2D eigenvalue weighted by molar-refractivity contribution is 5.73. The van der Waals surface area contributed by atoms with E-state index in [0.29, 0.717) is 11.8 Å². The summed E-state index contributed by atoms with van der Waals surface area (Å²) in [6.45, 7) is 19.7. The van der Waals surface area contributed by atoms with Gasteiger partial charge in [0.05, 0.1) is 13.0 Å². The second-order valence-corrected chi connectivity index (χ2v) is 16.5. The highest BCUT2D eigenvalue weighted by Crippen LogP contribution is 2.75. The Morgan fingerprint density at radius 3 is 2.10 bits per heavy atom. The molecule has 5 rings (SSSR count). The van der Waals surface area contributed by atoms with Gasteiger partial charge in [0.15, 0.2) is 0 Å². The molecule has 4 fully saturated rings. The van der Waals surface area contributed by atoms with Gasteiger partial charge in [-0.15, -0.1) is 0 Å². The summed E-state index contributed by atoms with van der Waals surface area (Å²) >= 11 is 0. The highest BCUT2D eigenvalue weighted by atomic mass is 16.5. The smallest absolute Gasteiger partial charge is 0.309 e. The summed E-state index contributed by atoms with van der Waals surface area (Å²) in [5.74, 6) is 0.170. The number of ether oxygens (including phenoxy) is 3. The summed E-state index contributed by atoms with van der Waals surface area (Å²) in [6.07, 6.45) is 9.87. The van der Waals surface area contributed by atoms with Crippen LogP contribution in [0.2, 0.25) is 0 Å². The minimum absolute atomic E-state index is 0.0135. The zero-order valence-electron chi connectivity index (χ0n) is 27.2. The van der Waals surface area contributed by atoms with E-state index in [-0.39, 0.29) is 74.9 Å². The van der Waals surface area contributed by atoms with E-state index < -0.39 is 0 Å². The van der Waals surface area contributed by atoms with Crippen LogP contribution in [0, 0.1) is 56.7 Å². The predicted octanol–water partition coefficient (Wildman–Crippen LogP) is 7.29. The van der Waals surface area contributed by atoms with Crippen LogP contribution in [0.4, 0.5) is 0 Å². The van der Waals surface area contributed by atoms with Crippen molar-refractivity contribution in [2.75, 3.05) is 7.11 Å². The van der Waals surface area contributed by atoms with Gasteiger partial charge in [0.25, 0.3) is 0 Å². The molecule has 5 aliphatic carbocycles. The first-order valence-corrected chi connectivity index (χ1v) is 16.0. The normalized spacial score (nSPS) is 45.9. The first kappa shape index (κ1) is 30.6. The van der Waals surface area contributed by atoms with Crippen LogP contribution < -0.4 is 0 Å². The molecule has 0 aliphatic heterocycles. The summed E-state index contributed by atoms with van der Waals surface area (Å²) in [5, 5.41) is 0. The molecule has 0 aromatic carbocycles. The van der Waals surface area contributed by atoms with E-state index in [1.165, 1.54) is 26.5 Å². The zero-order chi connectivity index (χ0) is 30.3. The van der Waals surface area contributed by atoms with Crippen molar-refractivity contribution in [1.82, 2.24) is 0 Å². The first-order valence-electron chi connectivity index (χ1n) is 16.0. The molecule has 5 aliphatic rings. The van der Waals surface area contributed by atoms with Crippen LogP contribution in [-0.4, -0.2) is 37.2 Å². The molecule has 0 heterocycles. The molecule has 0 radical (unpaired) electrons. The Kier molecular flexibility index (Phi) is 7.34. The van der Waals surface area contributed by atoms with E-state index >= 15 is 0 Å². The zero-order valence-corrected chi connectivity index (χ0v) is 27.2. The molecule has 6 heteroatoms. The third kappa shape index (κ3) is 4.51. The van der Waals surface area contributed by atoms with Gasteiger partial charge in [-0.1, -0.05) is 60.1 Å². The summed E-state index contributed by atoms with van der Waals surface area (Å²) in [7, 11) is 1.48. The Bertz CT molecular complexity index is 1140. The number of carbonyl (C=O) groups excluding carboxylic acids is 3. The molecule has 0 bridgehead atoms. The van der Waals surface area contributed by atoms with Gasteiger partial charge in [-0.25, -0.2) is 0 Å². The summed E-state index contributed by atoms with van der Waals surface area (Å²) in [4.78, 5) is 37.7. The molecular weight excluding hydrogens is 516 g/mol. The lowest BCUT2D eigenvalue weighted by molar-refractivity contribution is -0.219. The predicted molar refractivity (Wildman–Crippen MR) is 157 cm³/mol. The van der Waals surface area contributed by atoms with Crippen molar-refractivity contribution < 1.29 is 28.6 Å². The van der Waals surface area contributed by atoms with Gasteiger partial charge in [0.1, 0.15) is 12.2 Å². The summed E-state index contributed by atoms with van der Waals surface area (Å²) in [5.41, 5.74) is 1.40.